The summed E-state index contributed by atoms with van der Waals surface area (Å²) in [5.74, 6) is -0.167. The quantitative estimate of drug-likeness (QED) is 0.813. The van der Waals surface area contributed by atoms with Crippen LogP contribution in [0.1, 0.15) is 25.3 Å². The molecule has 1 rings (SSSR count). The van der Waals surface area contributed by atoms with Gasteiger partial charge >= 0.3 is 6.18 Å². The fourth-order valence-electron chi connectivity index (χ4n) is 1.56. The summed E-state index contributed by atoms with van der Waals surface area (Å²) in [5, 5.41) is 12.1. The maximum atomic E-state index is 12.5. The van der Waals surface area contributed by atoms with Crippen molar-refractivity contribution in [2.24, 2.45) is 0 Å². The van der Waals surface area contributed by atoms with Crippen LogP contribution >= 0.6 is 0 Å². The molecule has 7 heteroatoms. The zero-order chi connectivity index (χ0) is 15.9. The van der Waals surface area contributed by atoms with Crippen LogP contribution in [-0.4, -0.2) is 30.3 Å². The van der Waals surface area contributed by atoms with E-state index in [-0.39, 0.29) is 24.8 Å². The molecule has 2 N–H and O–H groups in total. The van der Waals surface area contributed by atoms with Crippen molar-refractivity contribution in [3.05, 3.63) is 29.8 Å². The van der Waals surface area contributed by atoms with Gasteiger partial charge in [0, 0.05) is 13.0 Å². The van der Waals surface area contributed by atoms with Crippen LogP contribution in [0.25, 0.3) is 0 Å². The number of alkyl halides is 3. The van der Waals surface area contributed by atoms with Crippen molar-refractivity contribution in [3.63, 3.8) is 0 Å². The molecule has 1 aromatic carbocycles. The van der Waals surface area contributed by atoms with Gasteiger partial charge in [-0.2, -0.15) is 13.2 Å². The molecule has 0 aliphatic carbocycles. The number of carbonyl (C=O) groups excluding carboxylic acids is 1. The van der Waals surface area contributed by atoms with Crippen molar-refractivity contribution in [1.82, 2.24) is 5.32 Å². The van der Waals surface area contributed by atoms with Crippen molar-refractivity contribution >= 4 is 5.91 Å². The molecule has 0 aliphatic rings. The van der Waals surface area contributed by atoms with E-state index in [0.29, 0.717) is 12.8 Å². The van der Waals surface area contributed by atoms with Gasteiger partial charge in [-0.25, -0.2) is 0 Å². The lowest BCUT2D eigenvalue weighted by Crippen LogP contribution is -2.35. The number of aliphatic hydroxyl groups excluding tert-OH is 1. The van der Waals surface area contributed by atoms with Gasteiger partial charge in [0.2, 0.25) is 5.91 Å². The Balaban J connectivity index is 2.43. The highest BCUT2D eigenvalue weighted by atomic mass is 19.4. The van der Waals surface area contributed by atoms with Crippen LogP contribution in [-0.2, 0) is 11.0 Å². The van der Waals surface area contributed by atoms with Crippen molar-refractivity contribution < 1.29 is 27.8 Å². The standard InChI is InChI=1S/C14H18F3NO3/c1-2-4-13(20)18-8-11(19)9-21-12-6-3-5-10(7-12)14(15,16)17/h3,5-7,11,19H,2,4,8-9H2,1H3,(H,18,20). The predicted octanol–water partition coefficient (Wildman–Crippen LogP) is 2.36. The second-order valence-electron chi connectivity index (χ2n) is 4.54. The van der Waals surface area contributed by atoms with Crippen molar-refractivity contribution in [1.29, 1.82) is 0 Å². The molecule has 0 spiro atoms. The van der Waals surface area contributed by atoms with E-state index >= 15 is 0 Å². The maximum absolute atomic E-state index is 12.5. The van der Waals surface area contributed by atoms with E-state index in [0.717, 1.165) is 12.1 Å². The summed E-state index contributed by atoms with van der Waals surface area (Å²) in [5.41, 5.74) is -0.814. The van der Waals surface area contributed by atoms with E-state index in [1.54, 1.807) is 0 Å². The van der Waals surface area contributed by atoms with Crippen LogP contribution in [0.5, 0.6) is 5.75 Å². The molecular weight excluding hydrogens is 287 g/mol. The number of carbonyl (C=O) groups is 1. The summed E-state index contributed by atoms with van der Waals surface area (Å²) < 4.78 is 42.6. The summed E-state index contributed by atoms with van der Waals surface area (Å²) in [6, 6.07) is 4.40. The molecule has 0 radical (unpaired) electrons. The average Bonchev–Trinajstić information content (AvgIpc) is 2.42. The van der Waals surface area contributed by atoms with Gasteiger partial charge in [0.1, 0.15) is 18.5 Å². The molecular formula is C14H18F3NO3. The Hall–Kier alpha value is -1.76. The molecule has 0 heterocycles. The number of benzene rings is 1. The van der Waals surface area contributed by atoms with E-state index < -0.39 is 17.8 Å². The number of ether oxygens (including phenoxy) is 1. The summed E-state index contributed by atoms with van der Waals surface area (Å²) in [4.78, 5) is 11.2. The first-order valence-electron chi connectivity index (χ1n) is 6.57. The van der Waals surface area contributed by atoms with E-state index in [1.165, 1.54) is 12.1 Å². The van der Waals surface area contributed by atoms with Crippen LogP contribution in [0.3, 0.4) is 0 Å². The lowest BCUT2D eigenvalue weighted by Gasteiger charge is -2.14. The van der Waals surface area contributed by atoms with Gasteiger partial charge in [0.25, 0.3) is 0 Å². The van der Waals surface area contributed by atoms with Gasteiger partial charge in [-0.1, -0.05) is 13.0 Å². The molecule has 0 bridgehead atoms. The third-order valence-corrected chi connectivity index (χ3v) is 2.62. The number of amides is 1. The normalized spacial score (nSPS) is 12.8. The first-order chi connectivity index (χ1) is 9.82. The summed E-state index contributed by atoms with van der Waals surface area (Å²) in [7, 11) is 0. The minimum atomic E-state index is -4.44. The zero-order valence-corrected chi connectivity index (χ0v) is 11.6. The van der Waals surface area contributed by atoms with E-state index in [4.69, 9.17) is 4.74 Å². The van der Waals surface area contributed by atoms with Crippen molar-refractivity contribution in [2.45, 2.75) is 32.0 Å². The lowest BCUT2D eigenvalue weighted by atomic mass is 10.2. The van der Waals surface area contributed by atoms with Gasteiger partial charge in [0.15, 0.2) is 0 Å². The van der Waals surface area contributed by atoms with E-state index in [2.05, 4.69) is 5.32 Å². The van der Waals surface area contributed by atoms with Crippen LogP contribution < -0.4 is 10.1 Å². The van der Waals surface area contributed by atoms with E-state index in [9.17, 15) is 23.1 Å². The second kappa shape index (κ2) is 7.87. The monoisotopic (exact) mass is 305 g/mol. The maximum Gasteiger partial charge on any atom is 0.416 e. The topological polar surface area (TPSA) is 58.6 Å². The minimum absolute atomic E-state index is 0.00219. The Bertz CT molecular complexity index is 463. The number of hydrogen-bond acceptors (Lipinski definition) is 3. The molecule has 1 atom stereocenters. The fourth-order valence-corrected chi connectivity index (χ4v) is 1.56. The zero-order valence-electron chi connectivity index (χ0n) is 11.6. The highest BCUT2D eigenvalue weighted by Gasteiger charge is 2.30. The minimum Gasteiger partial charge on any atom is -0.491 e. The third kappa shape index (κ3) is 6.48. The van der Waals surface area contributed by atoms with Gasteiger partial charge in [-0.3, -0.25) is 4.79 Å². The summed E-state index contributed by atoms with van der Waals surface area (Å²) >= 11 is 0. The SMILES string of the molecule is CCCC(=O)NCC(O)COc1cccc(C(F)(F)F)c1. The predicted molar refractivity (Wildman–Crippen MR) is 70.9 cm³/mol. The fraction of sp³-hybridized carbons (Fsp3) is 0.500. The Morgan fingerprint density at radius 2 is 2.14 bits per heavy atom. The first-order valence-corrected chi connectivity index (χ1v) is 6.57. The number of aliphatic hydroxyl groups is 1. The molecule has 1 unspecified atom stereocenters. The molecule has 0 saturated carbocycles. The molecule has 21 heavy (non-hydrogen) atoms. The molecule has 0 aliphatic heterocycles. The number of nitrogens with one attached hydrogen (secondary N) is 1. The number of halogens is 3. The molecule has 0 saturated heterocycles. The van der Waals surface area contributed by atoms with Crippen molar-refractivity contribution in [2.75, 3.05) is 13.2 Å². The highest BCUT2D eigenvalue weighted by Crippen LogP contribution is 2.31. The largest absolute Gasteiger partial charge is 0.491 e. The number of rotatable bonds is 7. The Morgan fingerprint density at radius 1 is 1.43 bits per heavy atom. The summed E-state index contributed by atoms with van der Waals surface area (Å²) in [6.07, 6.45) is -4.36. The van der Waals surface area contributed by atoms with Crippen LogP contribution in [0.15, 0.2) is 24.3 Å². The molecule has 0 fully saturated rings. The van der Waals surface area contributed by atoms with Gasteiger partial charge in [-0.15, -0.1) is 0 Å². The van der Waals surface area contributed by atoms with Gasteiger partial charge < -0.3 is 15.2 Å². The van der Waals surface area contributed by atoms with Gasteiger partial charge in [-0.05, 0) is 24.6 Å². The van der Waals surface area contributed by atoms with Crippen LogP contribution in [0.4, 0.5) is 13.2 Å². The Kier molecular flexibility index (Phi) is 6.48. The smallest absolute Gasteiger partial charge is 0.416 e. The molecule has 4 nitrogen and oxygen atoms in total. The molecule has 1 amide bonds. The second-order valence-corrected chi connectivity index (χ2v) is 4.54. The molecule has 118 valence electrons. The molecule has 0 aromatic heterocycles. The first kappa shape index (κ1) is 17.3. The Labute approximate surface area is 120 Å². The van der Waals surface area contributed by atoms with E-state index in [1.807, 2.05) is 6.92 Å². The Morgan fingerprint density at radius 3 is 2.76 bits per heavy atom. The van der Waals surface area contributed by atoms with Crippen molar-refractivity contribution in [3.8, 4) is 5.75 Å². The number of hydrogen-bond donors (Lipinski definition) is 2. The van der Waals surface area contributed by atoms with Crippen LogP contribution in [0.2, 0.25) is 0 Å². The van der Waals surface area contributed by atoms with Gasteiger partial charge in [0.05, 0.1) is 5.56 Å². The lowest BCUT2D eigenvalue weighted by molar-refractivity contribution is -0.137. The molecule has 1 aromatic rings. The summed E-state index contributed by atoms with van der Waals surface area (Å²) in [6.45, 7) is 1.65. The van der Waals surface area contributed by atoms with Crippen LogP contribution in [0, 0.1) is 0 Å². The highest BCUT2D eigenvalue weighted by molar-refractivity contribution is 5.75. The average molecular weight is 305 g/mol. The third-order valence-electron chi connectivity index (χ3n) is 2.62.